The molecule has 28 rings (SSSR count). The molecule has 0 saturated heterocycles. The highest BCUT2D eigenvalue weighted by Crippen LogP contribution is 2.46. The Bertz CT molecular complexity index is 9710. The first kappa shape index (κ1) is 73.6. The largest absolute Gasteiger partial charge is 0.256 e. The lowest BCUT2D eigenvalue weighted by molar-refractivity contribution is 1.37. The van der Waals surface area contributed by atoms with Gasteiger partial charge in [-0.1, -0.05) is 249 Å². The van der Waals surface area contributed by atoms with Gasteiger partial charge < -0.3 is 0 Å². The summed E-state index contributed by atoms with van der Waals surface area (Å²) < 4.78 is 0. The van der Waals surface area contributed by atoms with Gasteiger partial charge in [-0.05, 0) is 136 Å². The summed E-state index contributed by atoms with van der Waals surface area (Å²) >= 11 is 0. The molecule has 0 unspecified atom stereocenters. The van der Waals surface area contributed by atoms with Gasteiger partial charge in [-0.2, -0.15) is 0 Å². The van der Waals surface area contributed by atoms with Gasteiger partial charge >= 0.3 is 0 Å². The summed E-state index contributed by atoms with van der Waals surface area (Å²) in [6.07, 6.45) is 12.9. The average Bonchev–Trinajstić information content (AvgIpc) is 0.830. The fourth-order valence-corrected chi connectivity index (χ4v) is 19.4. The maximum Gasteiger partial charge on any atom is 0.0979 e. The molecule has 14 aromatic carbocycles. The van der Waals surface area contributed by atoms with E-state index in [4.69, 9.17) is 49.8 Å². The summed E-state index contributed by atoms with van der Waals surface area (Å²) in [5.74, 6) is 0. The average molecular weight is 1660 g/mol. The van der Waals surface area contributed by atoms with Crippen LogP contribution < -0.4 is 0 Å². The van der Waals surface area contributed by atoms with Crippen LogP contribution in [0.1, 0.15) is 0 Å². The molecule has 14 heterocycles. The first-order valence-corrected chi connectivity index (χ1v) is 43.3. The zero-order valence-electron chi connectivity index (χ0n) is 69.4. The molecule has 0 aliphatic rings. The molecule has 14 nitrogen and oxygen atoms in total. The standard InChI is InChI=1S/C42H24N4.2C37H21N5/c1-2-8-37-34(7-1)38(35-19-13-26-6-4-22-44-40(26)42(35)46-37)31-15-18-33-29(24-31)12-11-28-23-30(14-17-32(28)33)36-20-16-27-10-9-25-5-3-21-43-39(25)41(27)45-36;1-2-10-30-27(8-1)32(29-15-13-23-7-4-20-39-34(23)37(29)42-30)28-17-16-25(26-9-5-21-40-36(26)28)31-18-14-24-12-11-22-6-3-19-38-33(22)35(24)41-31;1-2-8-31-27(7-1)33(28-15-11-23-6-4-20-39-35(23)37(28)42-31)32-18-14-25-21-26(13-17-29(25)40-32)30-16-12-24-10-9-22-5-3-19-38-34(22)36(24)41-30/h1-24H;2*1-21H. The molecule has 0 N–H and O–H groups in total. The number of aromatic nitrogens is 14. The lowest BCUT2D eigenvalue weighted by Gasteiger charge is -2.16. The van der Waals surface area contributed by atoms with Crippen LogP contribution in [-0.2, 0) is 0 Å². The molecule has 0 aliphatic carbocycles. The lowest BCUT2D eigenvalue weighted by Crippen LogP contribution is -1.95. The van der Waals surface area contributed by atoms with Crippen LogP contribution in [0.25, 0.3) is 274 Å². The fraction of sp³-hybridized carbons (Fsp3) is 0. The second-order valence-corrected chi connectivity index (χ2v) is 33.0. The van der Waals surface area contributed by atoms with Crippen molar-refractivity contribution in [3.63, 3.8) is 0 Å². The highest BCUT2D eigenvalue weighted by atomic mass is 14.8. The van der Waals surface area contributed by atoms with Gasteiger partial charge in [0.25, 0.3) is 0 Å². The third kappa shape index (κ3) is 12.3. The van der Waals surface area contributed by atoms with E-state index in [-0.39, 0.29) is 0 Å². The first-order valence-electron chi connectivity index (χ1n) is 43.3. The summed E-state index contributed by atoms with van der Waals surface area (Å²) in [6, 6.07) is 125. The van der Waals surface area contributed by atoms with Crippen molar-refractivity contribution >= 4 is 207 Å². The summed E-state index contributed by atoms with van der Waals surface area (Å²) in [4.78, 5) is 68.7. The Balaban J connectivity index is 0.000000103. The van der Waals surface area contributed by atoms with Crippen molar-refractivity contribution in [2.75, 3.05) is 0 Å². The molecule has 28 aromatic rings. The maximum absolute atomic E-state index is 5.17. The van der Waals surface area contributed by atoms with Crippen molar-refractivity contribution in [1.82, 2.24) is 69.8 Å². The van der Waals surface area contributed by atoms with E-state index in [9.17, 15) is 0 Å². The van der Waals surface area contributed by atoms with Crippen molar-refractivity contribution in [2.45, 2.75) is 0 Å². The Morgan fingerprint density at radius 2 is 0.438 bits per heavy atom. The van der Waals surface area contributed by atoms with Crippen LogP contribution in [0.4, 0.5) is 0 Å². The van der Waals surface area contributed by atoms with E-state index in [1.165, 1.54) is 32.7 Å². The van der Waals surface area contributed by atoms with Gasteiger partial charge in [0.2, 0.25) is 0 Å². The molecular weight excluding hydrogens is 1590 g/mol. The van der Waals surface area contributed by atoms with Crippen LogP contribution in [0.5, 0.6) is 0 Å². The number of pyridine rings is 14. The Hall–Kier alpha value is -17.9. The quantitative estimate of drug-likeness (QED) is 0.113. The van der Waals surface area contributed by atoms with Gasteiger partial charge in [0.05, 0.1) is 117 Å². The van der Waals surface area contributed by atoms with Gasteiger partial charge in [-0.3, -0.25) is 34.9 Å². The van der Waals surface area contributed by atoms with E-state index in [0.717, 1.165) is 242 Å². The number of hydrogen-bond donors (Lipinski definition) is 0. The van der Waals surface area contributed by atoms with Crippen LogP contribution in [0.2, 0.25) is 0 Å². The number of benzene rings is 14. The van der Waals surface area contributed by atoms with Gasteiger partial charge in [-0.25, -0.2) is 34.9 Å². The third-order valence-electron chi connectivity index (χ3n) is 25.5. The van der Waals surface area contributed by atoms with Crippen molar-refractivity contribution in [1.29, 1.82) is 0 Å². The van der Waals surface area contributed by atoms with Crippen LogP contribution in [0.3, 0.4) is 0 Å². The molecule has 0 spiro atoms. The molecule has 14 aromatic heterocycles. The van der Waals surface area contributed by atoms with Gasteiger partial charge in [-0.15, -0.1) is 0 Å². The maximum atomic E-state index is 5.17. The molecule has 0 bridgehead atoms. The summed E-state index contributed by atoms with van der Waals surface area (Å²) in [5.41, 5.74) is 28.1. The minimum Gasteiger partial charge on any atom is -0.256 e. The summed E-state index contributed by atoms with van der Waals surface area (Å²) in [6.45, 7) is 0. The van der Waals surface area contributed by atoms with Gasteiger partial charge in [0, 0.05) is 174 Å². The normalized spacial score (nSPS) is 11.8. The highest BCUT2D eigenvalue weighted by molar-refractivity contribution is 6.22. The van der Waals surface area contributed by atoms with E-state index >= 15 is 0 Å². The molecule has 0 aliphatic heterocycles. The molecule has 14 heteroatoms. The second kappa shape index (κ2) is 29.9. The van der Waals surface area contributed by atoms with E-state index in [2.05, 4.69) is 323 Å². The topological polar surface area (TPSA) is 180 Å². The van der Waals surface area contributed by atoms with Crippen molar-refractivity contribution in [3.8, 4) is 67.3 Å². The molecule has 0 amide bonds. The van der Waals surface area contributed by atoms with E-state index in [1.54, 1.807) is 0 Å². The molecule has 0 fully saturated rings. The third-order valence-corrected chi connectivity index (χ3v) is 25.5. The molecule has 600 valence electrons. The smallest absolute Gasteiger partial charge is 0.0979 e. The second-order valence-electron chi connectivity index (χ2n) is 33.0. The van der Waals surface area contributed by atoms with E-state index in [0.29, 0.717) is 0 Å². The van der Waals surface area contributed by atoms with Crippen molar-refractivity contribution < 1.29 is 0 Å². The minimum atomic E-state index is 0.892. The number of fused-ring (bicyclic) bond motifs is 26. The lowest BCUT2D eigenvalue weighted by atomic mass is 9.91. The predicted octanol–water partition coefficient (Wildman–Crippen LogP) is 28.5. The van der Waals surface area contributed by atoms with Crippen LogP contribution in [0.15, 0.2) is 401 Å². The first-order chi connectivity index (χ1) is 64.4. The van der Waals surface area contributed by atoms with Crippen molar-refractivity contribution in [3.05, 3.63) is 401 Å². The summed E-state index contributed by atoms with van der Waals surface area (Å²) in [7, 11) is 0. The Labute approximate surface area is 740 Å². The Morgan fingerprint density at radius 1 is 0.131 bits per heavy atom. The van der Waals surface area contributed by atoms with Gasteiger partial charge in [0.1, 0.15) is 0 Å². The highest BCUT2D eigenvalue weighted by Gasteiger charge is 2.23. The van der Waals surface area contributed by atoms with Crippen LogP contribution in [-0.4, -0.2) is 69.8 Å². The molecule has 130 heavy (non-hydrogen) atoms. The molecular formula is C116H66N14. The predicted molar refractivity (Wildman–Crippen MR) is 534 cm³/mol. The van der Waals surface area contributed by atoms with Crippen LogP contribution >= 0.6 is 0 Å². The van der Waals surface area contributed by atoms with Crippen LogP contribution in [0, 0.1) is 0 Å². The number of para-hydroxylation sites is 3. The Morgan fingerprint density at radius 3 is 0.923 bits per heavy atom. The number of nitrogens with zero attached hydrogens (tertiary/aromatic N) is 14. The van der Waals surface area contributed by atoms with E-state index < -0.39 is 0 Å². The Kier molecular flexibility index (Phi) is 17.0. The zero-order valence-corrected chi connectivity index (χ0v) is 69.4. The SMILES string of the molecule is c1cnc2c(c1)ccc1ccc(-c3ccc(-c4c5ccccc5nc5c4ccc4cccnc45)c4ncccc34)nc12.c1cnc2c(c1)ccc1ccc(-c3ccc4c(ccc5cc(-c6c7ccccc7nc7c6ccc6cccnc67)ccc54)c3)nc12.c1cnc2c(c1)ccc1ccc(-c3ccc4nc(-c5c6ccccc6nc6c5ccc5cccnc56)ccc4c3)nc12. The molecule has 0 radical (unpaired) electrons. The molecule has 0 saturated carbocycles. The fourth-order valence-electron chi connectivity index (χ4n) is 19.4. The molecule has 0 atom stereocenters. The monoisotopic (exact) mass is 1650 g/mol. The minimum absolute atomic E-state index is 0.892. The van der Waals surface area contributed by atoms with Gasteiger partial charge in [0.15, 0.2) is 0 Å². The van der Waals surface area contributed by atoms with E-state index in [1.807, 2.05) is 98.0 Å². The zero-order chi connectivity index (χ0) is 85.4. The van der Waals surface area contributed by atoms with Crippen molar-refractivity contribution in [2.24, 2.45) is 0 Å². The number of hydrogen-bond acceptors (Lipinski definition) is 14. The number of rotatable bonds is 6. The summed E-state index contributed by atoms with van der Waals surface area (Å²) in [5, 5.41) is 23.2.